The highest BCUT2D eigenvalue weighted by Crippen LogP contribution is 2.37. The Balaban J connectivity index is 2.35. The molecule has 1 nitrogen and oxygen atoms in total. The Hall–Kier alpha value is 0.180. The van der Waals surface area contributed by atoms with Crippen LogP contribution in [-0.2, 0) is 6.42 Å². The molecule has 0 aliphatic rings. The van der Waals surface area contributed by atoms with Crippen molar-refractivity contribution in [2.45, 2.75) is 19.4 Å². The van der Waals surface area contributed by atoms with Gasteiger partial charge in [0.15, 0.2) is 0 Å². The molecule has 114 valence electrons. The smallest absolute Gasteiger partial charge is 0.143 e. The second-order valence-corrected chi connectivity index (χ2v) is 8.52. The first kappa shape index (κ1) is 17.5. The average Bonchev–Trinajstić information content (AvgIpc) is 2.78. The summed E-state index contributed by atoms with van der Waals surface area (Å²) in [5, 5.41) is 3.28. The van der Waals surface area contributed by atoms with Gasteiger partial charge in [-0.25, -0.2) is 8.78 Å². The van der Waals surface area contributed by atoms with E-state index in [1.165, 1.54) is 12.1 Å². The maximum Gasteiger partial charge on any atom is 0.143 e. The summed E-state index contributed by atoms with van der Waals surface area (Å²) in [6.45, 7) is 2.69. The van der Waals surface area contributed by atoms with Crippen LogP contribution in [0, 0.1) is 11.6 Å². The summed E-state index contributed by atoms with van der Waals surface area (Å²) in [6, 6.07) is 4.50. The molecule has 0 radical (unpaired) electrons. The van der Waals surface area contributed by atoms with Gasteiger partial charge in [-0.3, -0.25) is 0 Å². The van der Waals surface area contributed by atoms with Crippen LogP contribution in [0.2, 0.25) is 0 Å². The second kappa shape index (κ2) is 7.64. The summed E-state index contributed by atoms with van der Waals surface area (Å²) in [7, 11) is 0. The first-order valence-electron chi connectivity index (χ1n) is 6.24. The Labute approximate surface area is 151 Å². The van der Waals surface area contributed by atoms with Crippen molar-refractivity contribution in [1.29, 1.82) is 0 Å². The first-order valence-corrected chi connectivity index (χ1v) is 9.44. The van der Waals surface area contributed by atoms with Crippen LogP contribution in [0.1, 0.15) is 23.4 Å². The molecular formula is C14H12Br3F2NS. The zero-order chi connectivity index (χ0) is 15.6. The fourth-order valence-electron chi connectivity index (χ4n) is 2.02. The van der Waals surface area contributed by atoms with Crippen LogP contribution in [0.15, 0.2) is 30.9 Å². The predicted octanol–water partition coefficient (Wildman–Crippen LogP) is 6.21. The van der Waals surface area contributed by atoms with Gasteiger partial charge in [-0.05, 0) is 79.0 Å². The van der Waals surface area contributed by atoms with Gasteiger partial charge in [-0.15, -0.1) is 11.3 Å². The molecule has 0 aliphatic heterocycles. The summed E-state index contributed by atoms with van der Waals surface area (Å²) in [6.07, 6.45) is 0.254. The summed E-state index contributed by atoms with van der Waals surface area (Å²) in [5.41, 5.74) is 0.0935. The standard InChI is InChI=1S/C14H12Br3F2NS/c1-2-20-11(12-6-9(16)14(17)21-12)5-7-10(18)4-3-8(15)13(7)19/h3-4,6,11,20H,2,5H2,1H3. The number of hydrogen-bond acceptors (Lipinski definition) is 2. The van der Waals surface area contributed by atoms with E-state index in [9.17, 15) is 8.78 Å². The minimum atomic E-state index is -0.535. The summed E-state index contributed by atoms with van der Waals surface area (Å²) in [4.78, 5) is 1.02. The van der Waals surface area contributed by atoms with E-state index in [1.807, 2.05) is 13.0 Å². The van der Waals surface area contributed by atoms with Gasteiger partial charge in [0.05, 0.1) is 8.26 Å². The van der Waals surface area contributed by atoms with Gasteiger partial charge in [-0.2, -0.15) is 0 Å². The molecule has 0 amide bonds. The van der Waals surface area contributed by atoms with E-state index < -0.39 is 11.6 Å². The number of benzene rings is 1. The number of thiophene rings is 1. The predicted molar refractivity (Wildman–Crippen MR) is 93.9 cm³/mol. The van der Waals surface area contributed by atoms with Gasteiger partial charge < -0.3 is 5.32 Å². The minimum absolute atomic E-state index is 0.0935. The number of likely N-dealkylation sites (N-methyl/N-ethyl adjacent to an activating group) is 1. The molecule has 0 saturated heterocycles. The summed E-state index contributed by atoms with van der Waals surface area (Å²) >= 11 is 11.5. The molecule has 0 bridgehead atoms. The Kier molecular flexibility index (Phi) is 6.38. The highest BCUT2D eigenvalue weighted by atomic mass is 79.9. The van der Waals surface area contributed by atoms with Crippen molar-refractivity contribution in [2.75, 3.05) is 6.54 Å². The van der Waals surface area contributed by atoms with Crippen LogP contribution in [-0.4, -0.2) is 6.54 Å². The van der Waals surface area contributed by atoms with E-state index in [0.29, 0.717) is 0 Å². The van der Waals surface area contributed by atoms with Gasteiger partial charge in [-0.1, -0.05) is 6.92 Å². The van der Waals surface area contributed by atoms with Crippen LogP contribution in [0.5, 0.6) is 0 Å². The Morgan fingerprint density at radius 1 is 1.19 bits per heavy atom. The van der Waals surface area contributed by atoms with Crippen molar-refractivity contribution >= 4 is 59.1 Å². The lowest BCUT2D eigenvalue weighted by atomic mass is 10.0. The zero-order valence-electron chi connectivity index (χ0n) is 11.0. The van der Waals surface area contributed by atoms with E-state index in [0.717, 1.165) is 19.7 Å². The van der Waals surface area contributed by atoms with Crippen LogP contribution in [0.25, 0.3) is 0 Å². The lowest BCUT2D eigenvalue weighted by Crippen LogP contribution is -2.23. The molecular weight excluding hydrogens is 492 g/mol. The molecule has 1 aromatic carbocycles. The molecule has 0 spiro atoms. The van der Waals surface area contributed by atoms with E-state index in [-0.39, 0.29) is 22.5 Å². The summed E-state index contributed by atoms with van der Waals surface area (Å²) < 4.78 is 30.3. The topological polar surface area (TPSA) is 12.0 Å². The molecule has 7 heteroatoms. The SMILES string of the molecule is CCNC(Cc1c(F)ccc(Br)c1F)c1cc(Br)c(Br)s1. The third-order valence-electron chi connectivity index (χ3n) is 3.01. The van der Waals surface area contributed by atoms with Crippen molar-refractivity contribution in [3.05, 3.63) is 53.0 Å². The van der Waals surface area contributed by atoms with Crippen LogP contribution in [0.4, 0.5) is 8.78 Å². The lowest BCUT2D eigenvalue weighted by Gasteiger charge is -2.17. The highest BCUT2D eigenvalue weighted by molar-refractivity contribution is 9.13. The largest absolute Gasteiger partial charge is 0.309 e. The Bertz CT molecular complexity index is 626. The molecule has 1 N–H and O–H groups in total. The highest BCUT2D eigenvalue weighted by Gasteiger charge is 2.21. The van der Waals surface area contributed by atoms with Crippen molar-refractivity contribution in [2.24, 2.45) is 0 Å². The monoisotopic (exact) mass is 501 g/mol. The van der Waals surface area contributed by atoms with Crippen molar-refractivity contribution in [3.63, 3.8) is 0 Å². The van der Waals surface area contributed by atoms with E-state index in [1.54, 1.807) is 11.3 Å². The molecule has 2 aromatic rings. The molecule has 1 aromatic heterocycles. The number of hydrogen-bond donors (Lipinski definition) is 1. The Morgan fingerprint density at radius 3 is 2.48 bits per heavy atom. The fourth-order valence-corrected chi connectivity index (χ4v) is 4.55. The maximum absolute atomic E-state index is 14.1. The number of halogens is 5. The van der Waals surface area contributed by atoms with Gasteiger partial charge in [0.2, 0.25) is 0 Å². The van der Waals surface area contributed by atoms with Crippen LogP contribution < -0.4 is 5.32 Å². The number of rotatable bonds is 5. The van der Waals surface area contributed by atoms with Gasteiger partial charge >= 0.3 is 0 Å². The van der Waals surface area contributed by atoms with Gasteiger partial charge in [0.1, 0.15) is 11.6 Å². The van der Waals surface area contributed by atoms with Crippen molar-refractivity contribution in [3.8, 4) is 0 Å². The van der Waals surface area contributed by atoms with Gasteiger partial charge in [0.25, 0.3) is 0 Å². The molecule has 0 aliphatic carbocycles. The van der Waals surface area contributed by atoms with Crippen molar-refractivity contribution < 1.29 is 8.78 Å². The minimum Gasteiger partial charge on any atom is -0.309 e. The van der Waals surface area contributed by atoms with Crippen molar-refractivity contribution in [1.82, 2.24) is 5.32 Å². The van der Waals surface area contributed by atoms with E-state index in [2.05, 4.69) is 53.1 Å². The van der Waals surface area contributed by atoms with E-state index in [4.69, 9.17) is 0 Å². The normalized spacial score (nSPS) is 12.7. The average molecular weight is 504 g/mol. The van der Waals surface area contributed by atoms with Gasteiger partial charge in [0, 0.05) is 21.0 Å². The third-order valence-corrected chi connectivity index (χ3v) is 6.99. The zero-order valence-corrected chi connectivity index (χ0v) is 16.6. The molecule has 0 fully saturated rings. The molecule has 1 unspecified atom stereocenters. The molecule has 21 heavy (non-hydrogen) atoms. The van der Waals surface area contributed by atoms with E-state index >= 15 is 0 Å². The lowest BCUT2D eigenvalue weighted by molar-refractivity contribution is 0.501. The number of nitrogens with one attached hydrogen (secondary N) is 1. The summed E-state index contributed by atoms with van der Waals surface area (Å²) in [5.74, 6) is -1.05. The van der Waals surface area contributed by atoms with Crippen LogP contribution in [0.3, 0.4) is 0 Å². The molecule has 1 heterocycles. The Morgan fingerprint density at radius 2 is 1.90 bits per heavy atom. The fraction of sp³-hybridized carbons (Fsp3) is 0.286. The first-order chi connectivity index (χ1) is 9.93. The van der Waals surface area contributed by atoms with Crippen LogP contribution >= 0.6 is 59.1 Å². The third kappa shape index (κ3) is 4.13. The molecule has 2 rings (SSSR count). The molecule has 0 saturated carbocycles. The molecule has 1 atom stereocenters. The second-order valence-electron chi connectivity index (χ2n) is 4.41. The maximum atomic E-state index is 14.1. The quantitative estimate of drug-likeness (QED) is 0.478.